The lowest BCUT2D eigenvalue weighted by Crippen LogP contribution is -2.40. The zero-order valence-corrected chi connectivity index (χ0v) is 19.2. The molecule has 0 fully saturated rings. The molecule has 0 radical (unpaired) electrons. The van der Waals surface area contributed by atoms with Crippen LogP contribution in [0.15, 0.2) is 42.5 Å². The average molecular weight is 479 g/mol. The van der Waals surface area contributed by atoms with Crippen molar-refractivity contribution in [3.8, 4) is 0 Å². The Morgan fingerprint density at radius 1 is 1.09 bits per heavy atom. The molecule has 2 aromatic carbocycles. The van der Waals surface area contributed by atoms with Crippen LogP contribution in [0.1, 0.15) is 22.3 Å². The highest BCUT2D eigenvalue weighted by atomic mass is 19.4. The van der Waals surface area contributed by atoms with Crippen LogP contribution in [0.25, 0.3) is 0 Å². The van der Waals surface area contributed by atoms with Crippen LogP contribution in [0, 0.1) is 0 Å². The molecule has 0 atom stereocenters. The number of carbonyl (C=O) groups excluding carboxylic acids is 1. The first-order valence-electron chi connectivity index (χ1n) is 11.0. The summed E-state index contributed by atoms with van der Waals surface area (Å²) < 4.78 is 40.4. The summed E-state index contributed by atoms with van der Waals surface area (Å²) in [4.78, 5) is 29.1. The largest absolute Gasteiger partial charge is 0.465 e. The third-order valence-electron chi connectivity index (χ3n) is 5.83. The van der Waals surface area contributed by atoms with Gasteiger partial charge in [0.05, 0.1) is 18.7 Å². The van der Waals surface area contributed by atoms with E-state index in [4.69, 9.17) is 0 Å². The number of halogens is 3. The second-order valence-corrected chi connectivity index (χ2v) is 8.52. The standard InChI is InChI=1S/C24H29F3N4O3/c1-29(2)12-13-30(15-18-6-3-4-8-20(18)24(25,26)27)22(32)14-28-21-9-5-7-17-10-11-31(23(33)34)16-19(17)21/h3-9,28H,10-16H2,1-2H3,(H,33,34). The van der Waals surface area contributed by atoms with Crippen molar-refractivity contribution in [2.24, 2.45) is 0 Å². The third-order valence-corrected chi connectivity index (χ3v) is 5.83. The highest BCUT2D eigenvalue weighted by Crippen LogP contribution is 2.32. The number of amides is 2. The van der Waals surface area contributed by atoms with Crippen molar-refractivity contribution in [1.82, 2.24) is 14.7 Å². The molecule has 34 heavy (non-hydrogen) atoms. The molecule has 0 bridgehead atoms. The monoisotopic (exact) mass is 478 g/mol. The van der Waals surface area contributed by atoms with Crippen molar-refractivity contribution < 1.29 is 27.9 Å². The van der Waals surface area contributed by atoms with Crippen molar-refractivity contribution in [1.29, 1.82) is 0 Å². The quantitative estimate of drug-likeness (QED) is 0.605. The molecule has 1 heterocycles. The second kappa shape index (κ2) is 10.8. The van der Waals surface area contributed by atoms with Gasteiger partial charge < -0.3 is 25.1 Å². The molecule has 2 N–H and O–H groups in total. The van der Waals surface area contributed by atoms with Gasteiger partial charge in [-0.25, -0.2) is 4.79 Å². The fourth-order valence-corrected chi connectivity index (χ4v) is 3.95. The Balaban J connectivity index is 1.76. The summed E-state index contributed by atoms with van der Waals surface area (Å²) in [6.45, 7) is 1.09. The van der Waals surface area contributed by atoms with Crippen molar-refractivity contribution >= 4 is 17.7 Å². The number of rotatable bonds is 8. The normalized spacial score (nSPS) is 13.5. The van der Waals surface area contributed by atoms with Gasteiger partial charge in [0.2, 0.25) is 5.91 Å². The molecule has 3 rings (SSSR count). The molecule has 2 amide bonds. The summed E-state index contributed by atoms with van der Waals surface area (Å²) in [5.41, 5.74) is 1.76. The number of likely N-dealkylation sites (N-methyl/N-ethyl adjacent to an activating group) is 1. The summed E-state index contributed by atoms with van der Waals surface area (Å²) >= 11 is 0. The predicted octanol–water partition coefficient (Wildman–Crippen LogP) is 3.74. The zero-order valence-electron chi connectivity index (χ0n) is 19.2. The molecule has 0 saturated carbocycles. The van der Waals surface area contributed by atoms with E-state index in [1.54, 1.807) is 6.07 Å². The molecule has 7 nitrogen and oxygen atoms in total. The highest BCUT2D eigenvalue weighted by Gasteiger charge is 2.33. The Morgan fingerprint density at radius 3 is 2.50 bits per heavy atom. The maximum atomic E-state index is 13.5. The molecule has 10 heteroatoms. The molecule has 0 aliphatic carbocycles. The van der Waals surface area contributed by atoms with E-state index in [1.165, 1.54) is 28.0 Å². The van der Waals surface area contributed by atoms with Gasteiger partial charge in [-0.05, 0) is 49.3 Å². The highest BCUT2D eigenvalue weighted by molar-refractivity contribution is 5.81. The van der Waals surface area contributed by atoms with Crippen LogP contribution in [0.3, 0.4) is 0 Å². The fourth-order valence-electron chi connectivity index (χ4n) is 3.95. The van der Waals surface area contributed by atoms with Gasteiger partial charge in [-0.2, -0.15) is 13.2 Å². The molecule has 1 aliphatic heterocycles. The summed E-state index contributed by atoms with van der Waals surface area (Å²) in [6, 6.07) is 10.8. The Kier molecular flexibility index (Phi) is 8.03. The molecular weight excluding hydrogens is 449 g/mol. The molecule has 1 aliphatic rings. The van der Waals surface area contributed by atoms with Crippen molar-refractivity contribution in [3.63, 3.8) is 0 Å². The number of hydrogen-bond acceptors (Lipinski definition) is 4. The topological polar surface area (TPSA) is 76.1 Å². The van der Waals surface area contributed by atoms with E-state index in [0.29, 0.717) is 25.2 Å². The lowest BCUT2D eigenvalue weighted by atomic mass is 9.98. The van der Waals surface area contributed by atoms with Gasteiger partial charge in [0.1, 0.15) is 0 Å². The van der Waals surface area contributed by atoms with Crippen molar-refractivity contribution in [2.75, 3.05) is 45.6 Å². The summed E-state index contributed by atoms with van der Waals surface area (Å²) in [6.07, 6.45) is -4.94. The van der Waals surface area contributed by atoms with Gasteiger partial charge in [-0.3, -0.25) is 4.79 Å². The first-order chi connectivity index (χ1) is 16.1. The number of anilines is 1. The molecule has 2 aromatic rings. The zero-order chi connectivity index (χ0) is 24.9. The minimum Gasteiger partial charge on any atom is -0.465 e. The van der Waals surface area contributed by atoms with Crippen LogP contribution < -0.4 is 5.32 Å². The van der Waals surface area contributed by atoms with Crippen LogP contribution in [-0.4, -0.2) is 72.1 Å². The van der Waals surface area contributed by atoms with Crippen LogP contribution in [0.2, 0.25) is 0 Å². The number of fused-ring (bicyclic) bond motifs is 1. The maximum absolute atomic E-state index is 13.5. The average Bonchev–Trinajstić information content (AvgIpc) is 2.79. The third kappa shape index (κ3) is 6.40. The Hall–Kier alpha value is -3.27. The number of nitrogens with one attached hydrogen (secondary N) is 1. The first kappa shape index (κ1) is 25.4. The van der Waals surface area contributed by atoms with E-state index < -0.39 is 17.8 Å². The lowest BCUT2D eigenvalue weighted by Gasteiger charge is -2.29. The number of carbonyl (C=O) groups is 2. The number of alkyl halides is 3. The molecule has 184 valence electrons. The summed E-state index contributed by atoms with van der Waals surface area (Å²) in [5.74, 6) is -0.345. The summed E-state index contributed by atoms with van der Waals surface area (Å²) in [5, 5.41) is 12.4. The number of benzene rings is 2. The minimum absolute atomic E-state index is 0.0382. The van der Waals surface area contributed by atoms with Crippen LogP contribution in [0.5, 0.6) is 0 Å². The van der Waals surface area contributed by atoms with E-state index in [-0.39, 0.29) is 37.6 Å². The molecular formula is C24H29F3N4O3. The molecule has 0 aromatic heterocycles. The predicted molar refractivity (Wildman–Crippen MR) is 122 cm³/mol. The van der Waals surface area contributed by atoms with Crippen LogP contribution in [-0.2, 0) is 30.5 Å². The second-order valence-electron chi connectivity index (χ2n) is 8.52. The van der Waals surface area contributed by atoms with E-state index >= 15 is 0 Å². The fraction of sp³-hybridized carbons (Fsp3) is 0.417. The lowest BCUT2D eigenvalue weighted by molar-refractivity contribution is -0.139. The van der Waals surface area contributed by atoms with Crippen LogP contribution in [0.4, 0.5) is 23.7 Å². The van der Waals surface area contributed by atoms with E-state index in [9.17, 15) is 27.9 Å². The van der Waals surface area contributed by atoms with E-state index in [2.05, 4.69) is 5.32 Å². The minimum atomic E-state index is -4.51. The van der Waals surface area contributed by atoms with Crippen LogP contribution >= 0.6 is 0 Å². The summed E-state index contributed by atoms with van der Waals surface area (Å²) in [7, 11) is 3.66. The SMILES string of the molecule is CN(C)CCN(Cc1ccccc1C(F)(F)F)C(=O)CNc1cccc2c1CN(C(=O)O)CC2. The van der Waals surface area contributed by atoms with E-state index in [0.717, 1.165) is 17.2 Å². The van der Waals surface area contributed by atoms with Gasteiger partial charge >= 0.3 is 12.3 Å². The smallest absolute Gasteiger partial charge is 0.416 e. The maximum Gasteiger partial charge on any atom is 0.416 e. The molecule has 0 spiro atoms. The Bertz CT molecular complexity index is 1030. The van der Waals surface area contributed by atoms with Crippen molar-refractivity contribution in [2.45, 2.75) is 25.7 Å². The molecule has 0 unspecified atom stereocenters. The number of carboxylic acid groups (broad SMARTS) is 1. The molecule has 0 saturated heterocycles. The van der Waals surface area contributed by atoms with E-state index in [1.807, 2.05) is 31.1 Å². The van der Waals surface area contributed by atoms with Gasteiger partial charge in [0.15, 0.2) is 0 Å². The Labute approximate surface area is 196 Å². The van der Waals surface area contributed by atoms with Gasteiger partial charge in [-0.15, -0.1) is 0 Å². The van der Waals surface area contributed by atoms with Gasteiger partial charge in [0.25, 0.3) is 0 Å². The van der Waals surface area contributed by atoms with Gasteiger partial charge in [-0.1, -0.05) is 30.3 Å². The Morgan fingerprint density at radius 2 is 1.82 bits per heavy atom. The number of nitrogens with zero attached hydrogens (tertiary/aromatic N) is 3. The van der Waals surface area contributed by atoms with Crippen molar-refractivity contribution in [3.05, 3.63) is 64.7 Å². The van der Waals surface area contributed by atoms with Gasteiger partial charge in [0, 0.05) is 31.9 Å². The number of hydrogen-bond donors (Lipinski definition) is 2. The first-order valence-corrected chi connectivity index (χ1v) is 11.0.